The number of hydrogen-bond donors (Lipinski definition) is 1. The van der Waals surface area contributed by atoms with Gasteiger partial charge in [0.15, 0.2) is 0 Å². The lowest BCUT2D eigenvalue weighted by Crippen LogP contribution is -2.31. The summed E-state index contributed by atoms with van der Waals surface area (Å²) in [5.74, 6) is -1.21. The molecule has 0 atom stereocenters. The van der Waals surface area contributed by atoms with Crippen LogP contribution in [0.1, 0.15) is 39.5 Å². The Kier molecular flexibility index (Phi) is 12.0. The Labute approximate surface area is 292 Å². The van der Waals surface area contributed by atoms with E-state index in [1.165, 1.54) is 18.1 Å². The van der Waals surface area contributed by atoms with Crippen molar-refractivity contribution in [2.45, 2.75) is 57.0 Å². The maximum absolute atomic E-state index is 14.3. The van der Waals surface area contributed by atoms with Gasteiger partial charge in [-0.3, -0.25) is 14.3 Å². The molecule has 0 aliphatic carbocycles. The number of carbonyl (C=O) groups excluding carboxylic acids is 2. The zero-order valence-corrected chi connectivity index (χ0v) is 30.2. The number of nitrogens with zero attached hydrogens (tertiary/aromatic N) is 6. The van der Waals surface area contributed by atoms with E-state index >= 15 is 0 Å². The number of methoxy groups -OCH3 is 1. The van der Waals surface area contributed by atoms with Crippen LogP contribution < -0.4 is 20.7 Å². The molecule has 3 heterocycles. The number of amides is 2. The van der Waals surface area contributed by atoms with Gasteiger partial charge in [-0.1, -0.05) is 44.0 Å². The van der Waals surface area contributed by atoms with Crippen molar-refractivity contribution in [3.63, 3.8) is 0 Å². The van der Waals surface area contributed by atoms with Gasteiger partial charge in [-0.15, -0.1) is 16.9 Å². The van der Waals surface area contributed by atoms with E-state index < -0.39 is 23.0 Å². The molecule has 18 heteroatoms. The molecule has 2 aromatic heterocycles. The molecule has 13 nitrogen and oxygen atoms in total. The molecule has 0 saturated carbocycles. The molecular formula is C30H34Cl2FN7O6S2. The Balaban J connectivity index is 0.000000218. The fraction of sp³-hybridized carbons (Fsp3) is 0.400. The Bertz CT molecular complexity index is 2010. The van der Waals surface area contributed by atoms with Crippen LogP contribution in [0.4, 0.5) is 20.6 Å². The van der Waals surface area contributed by atoms with Gasteiger partial charge in [0.25, 0.3) is 0 Å². The van der Waals surface area contributed by atoms with Crippen LogP contribution in [0.25, 0.3) is 5.69 Å². The van der Waals surface area contributed by atoms with Crippen molar-refractivity contribution >= 4 is 69.7 Å². The third-order valence-electron chi connectivity index (χ3n) is 6.70. The molecule has 1 aliphatic rings. The summed E-state index contributed by atoms with van der Waals surface area (Å²) in [6.45, 7) is 7.00. The summed E-state index contributed by atoms with van der Waals surface area (Å²) in [7, 11) is 4.56. The van der Waals surface area contributed by atoms with Gasteiger partial charge in [-0.2, -0.15) is 4.68 Å². The Morgan fingerprint density at radius 1 is 1.12 bits per heavy atom. The lowest BCUT2D eigenvalue weighted by Gasteiger charge is -2.15. The number of anilines is 1. The van der Waals surface area contributed by atoms with Crippen molar-refractivity contribution in [2.24, 2.45) is 4.99 Å². The minimum absolute atomic E-state index is 0.0605. The molecular weight excluding hydrogens is 708 g/mol. The molecule has 0 saturated heterocycles. The predicted octanol–water partition coefficient (Wildman–Crippen LogP) is 5.67. The van der Waals surface area contributed by atoms with Crippen LogP contribution in [0.3, 0.4) is 0 Å². The highest BCUT2D eigenvalue weighted by Gasteiger charge is 2.24. The van der Waals surface area contributed by atoms with E-state index in [1.54, 1.807) is 41.7 Å². The number of esters is 1. The highest BCUT2D eigenvalue weighted by Crippen LogP contribution is 2.33. The molecule has 5 rings (SSSR count). The minimum atomic E-state index is -0.609. The Morgan fingerprint density at radius 3 is 2.42 bits per heavy atom. The number of ether oxygens (including phenoxy) is 1. The lowest BCUT2D eigenvalue weighted by molar-refractivity contribution is -0.137. The van der Waals surface area contributed by atoms with Gasteiger partial charge in [-0.25, -0.2) is 23.7 Å². The summed E-state index contributed by atoms with van der Waals surface area (Å²) in [6, 6.07) is 7.16. The third-order valence-corrected chi connectivity index (χ3v) is 9.33. The van der Waals surface area contributed by atoms with Crippen LogP contribution in [0.2, 0.25) is 10.0 Å². The van der Waals surface area contributed by atoms with E-state index in [4.69, 9.17) is 27.6 Å². The lowest BCUT2D eigenvalue weighted by atomic mass is 9.97. The molecule has 0 radical (unpaired) electrons. The summed E-state index contributed by atoms with van der Waals surface area (Å²) >= 11 is 14.4. The molecule has 0 unspecified atom stereocenters. The Morgan fingerprint density at radius 2 is 1.81 bits per heavy atom. The van der Waals surface area contributed by atoms with E-state index in [2.05, 4.69) is 20.1 Å². The molecule has 2 amide bonds. The van der Waals surface area contributed by atoms with Gasteiger partial charge in [0.05, 0.1) is 28.6 Å². The summed E-state index contributed by atoms with van der Waals surface area (Å²) in [4.78, 5) is 53.5. The zero-order chi connectivity index (χ0) is 35.3. The van der Waals surface area contributed by atoms with Gasteiger partial charge < -0.3 is 19.4 Å². The highest BCUT2D eigenvalue weighted by atomic mass is 35.5. The normalized spacial score (nSPS) is 13.0. The predicted molar refractivity (Wildman–Crippen MR) is 184 cm³/mol. The second-order valence-corrected chi connectivity index (χ2v) is 14.4. The number of fused-ring (bicyclic) bond motifs is 1. The first-order valence-electron chi connectivity index (χ1n) is 14.5. The molecule has 48 heavy (non-hydrogen) atoms. The smallest absolute Gasteiger partial charge is 0.442 e. The highest BCUT2D eigenvalue weighted by molar-refractivity contribution is 8.00. The number of hydrogen-bond acceptors (Lipinski definition) is 10. The van der Waals surface area contributed by atoms with Crippen LogP contribution in [-0.2, 0) is 28.0 Å². The first-order valence-corrected chi connectivity index (χ1v) is 17.1. The summed E-state index contributed by atoms with van der Waals surface area (Å²) in [6.07, 6.45) is 1.90. The second kappa shape index (κ2) is 15.6. The summed E-state index contributed by atoms with van der Waals surface area (Å²) in [5, 5.41) is 7.34. The molecule has 1 N–H and O–H groups in total. The maximum Gasteiger partial charge on any atom is 0.442 e. The quantitative estimate of drug-likeness (QED) is 0.197. The van der Waals surface area contributed by atoms with Gasteiger partial charge in [0.2, 0.25) is 10.7 Å². The van der Waals surface area contributed by atoms with Gasteiger partial charge >= 0.3 is 22.6 Å². The van der Waals surface area contributed by atoms with Crippen LogP contribution in [-0.4, -0.2) is 63.0 Å². The largest absolute Gasteiger partial charge is 0.468 e. The molecule has 1 aliphatic heterocycles. The van der Waals surface area contributed by atoms with Crippen LogP contribution in [0.5, 0.6) is 0 Å². The van der Waals surface area contributed by atoms with E-state index in [-0.39, 0.29) is 32.4 Å². The van der Waals surface area contributed by atoms with Gasteiger partial charge in [-0.05, 0) is 54.5 Å². The fourth-order valence-electron chi connectivity index (χ4n) is 4.16. The molecule has 0 spiro atoms. The van der Waals surface area contributed by atoms with Crippen molar-refractivity contribution in [2.75, 3.05) is 32.3 Å². The van der Waals surface area contributed by atoms with Crippen LogP contribution in [0.15, 0.2) is 54.2 Å². The monoisotopic (exact) mass is 741 g/mol. The molecule has 4 aromatic rings. The molecule has 2 aromatic carbocycles. The SMILES string of the molecule is CN(C)C(=O)Nc1ccc(-n2nc(C(C)(C)C)oc2=O)c(Cl)c1.COC(=O)CSc1cc(N=c2sc(=O)n3n2CCCC3)c(F)cc1Cl. The fourth-order valence-corrected chi connectivity index (χ4v) is 6.40. The minimum Gasteiger partial charge on any atom is -0.468 e. The number of carbonyl (C=O) groups is 2. The Hall–Kier alpha value is -3.86. The standard InChI is InChI=1S/C15H15ClFN3O3S2.C15H19ClN4O3/c1-23-13(21)8-24-12-7-11(10(17)6-9(12)16)18-14-19-4-2-3-5-20(19)15(22)25-14;1-15(2,3)12-18-20(14(22)23-12)11-7-6-9(8-10(11)16)17-13(21)19(4)5/h6-7H,2-5,8H2,1H3;6-8H,1-5H3,(H,17,21). The van der Waals surface area contributed by atoms with E-state index in [0.717, 1.165) is 46.7 Å². The number of rotatable bonds is 6. The van der Waals surface area contributed by atoms with Gasteiger partial charge in [0.1, 0.15) is 11.5 Å². The number of halogens is 3. The molecule has 258 valence electrons. The van der Waals surface area contributed by atoms with Gasteiger partial charge in [0, 0.05) is 43.2 Å². The van der Waals surface area contributed by atoms with Crippen molar-refractivity contribution in [1.29, 1.82) is 0 Å². The van der Waals surface area contributed by atoms with E-state index in [1.807, 2.05) is 20.8 Å². The number of benzene rings is 2. The number of aromatic nitrogens is 4. The third kappa shape index (κ3) is 8.98. The average Bonchev–Trinajstić information content (AvgIpc) is 3.57. The first-order chi connectivity index (χ1) is 22.6. The van der Waals surface area contributed by atoms with Crippen molar-refractivity contribution in [3.05, 3.63) is 77.1 Å². The summed E-state index contributed by atoms with van der Waals surface area (Å²) < 4.78 is 28.5. The zero-order valence-electron chi connectivity index (χ0n) is 27.0. The van der Waals surface area contributed by atoms with Crippen LogP contribution >= 0.6 is 46.3 Å². The first kappa shape index (κ1) is 37.0. The van der Waals surface area contributed by atoms with E-state index in [0.29, 0.717) is 40.1 Å². The maximum atomic E-state index is 14.3. The number of urea groups is 1. The number of nitrogens with one attached hydrogen (secondary N) is 1. The molecule has 0 bridgehead atoms. The second-order valence-electron chi connectivity index (χ2n) is 11.6. The topological polar surface area (TPSA) is 146 Å². The van der Waals surface area contributed by atoms with Crippen molar-refractivity contribution < 1.29 is 23.1 Å². The van der Waals surface area contributed by atoms with Crippen molar-refractivity contribution in [3.8, 4) is 5.69 Å². The summed E-state index contributed by atoms with van der Waals surface area (Å²) in [5.41, 5.74) is 0.597. The average molecular weight is 743 g/mol. The molecule has 0 fully saturated rings. The van der Waals surface area contributed by atoms with E-state index in [9.17, 15) is 23.6 Å². The number of thioether (sulfide) groups is 1. The van der Waals surface area contributed by atoms with Crippen LogP contribution in [0, 0.1) is 5.82 Å². The van der Waals surface area contributed by atoms with Crippen molar-refractivity contribution in [1.82, 2.24) is 24.0 Å².